The zero-order valence-corrected chi connectivity index (χ0v) is 17.9. The van der Waals surface area contributed by atoms with E-state index in [1.807, 2.05) is 5.38 Å². The number of nitrogens with zero attached hydrogens (tertiary/aromatic N) is 4. The van der Waals surface area contributed by atoms with Crippen molar-refractivity contribution in [1.29, 1.82) is 0 Å². The summed E-state index contributed by atoms with van der Waals surface area (Å²) in [5.74, 6) is -0.00857. The first-order valence-electron chi connectivity index (χ1n) is 9.38. The van der Waals surface area contributed by atoms with E-state index in [1.54, 1.807) is 28.0 Å². The molecule has 0 aliphatic carbocycles. The predicted octanol–water partition coefficient (Wildman–Crippen LogP) is 1.65. The molecule has 10 heteroatoms. The molecule has 0 spiro atoms. The fourth-order valence-electron chi connectivity index (χ4n) is 3.61. The maximum atomic E-state index is 12.8. The highest BCUT2D eigenvalue weighted by Crippen LogP contribution is 2.32. The van der Waals surface area contributed by atoms with Gasteiger partial charge in [-0.25, -0.2) is 17.7 Å². The fraction of sp³-hybridized carbons (Fsp3) is 0.421. The second kappa shape index (κ2) is 7.51. The summed E-state index contributed by atoms with van der Waals surface area (Å²) in [6.07, 6.45) is 2.14. The van der Waals surface area contributed by atoms with Gasteiger partial charge in [0.1, 0.15) is 0 Å². The van der Waals surface area contributed by atoms with Crippen molar-refractivity contribution in [3.63, 3.8) is 0 Å². The van der Waals surface area contributed by atoms with Gasteiger partial charge < -0.3 is 4.90 Å². The number of fused-ring (bicyclic) bond motifs is 1. The molecule has 0 radical (unpaired) electrons. The van der Waals surface area contributed by atoms with Gasteiger partial charge in [0.2, 0.25) is 21.8 Å². The highest BCUT2D eigenvalue weighted by atomic mass is 32.2. The van der Waals surface area contributed by atoms with E-state index in [0.717, 1.165) is 17.7 Å². The molecule has 1 aromatic heterocycles. The van der Waals surface area contributed by atoms with Crippen LogP contribution in [0.2, 0.25) is 0 Å². The molecule has 0 bridgehead atoms. The molecule has 29 heavy (non-hydrogen) atoms. The Morgan fingerprint density at radius 1 is 1.24 bits per heavy atom. The molecule has 1 saturated heterocycles. The van der Waals surface area contributed by atoms with E-state index in [1.165, 1.54) is 29.7 Å². The Bertz CT molecular complexity index is 1080. The molecule has 1 aromatic carbocycles. The van der Waals surface area contributed by atoms with Crippen molar-refractivity contribution in [1.82, 2.24) is 9.29 Å². The van der Waals surface area contributed by atoms with Crippen LogP contribution in [-0.2, 0) is 32.5 Å². The smallest absolute Gasteiger partial charge is 0.242 e. The van der Waals surface area contributed by atoms with Crippen LogP contribution in [0.15, 0.2) is 28.5 Å². The van der Waals surface area contributed by atoms with Crippen molar-refractivity contribution in [3.8, 4) is 0 Å². The first kappa shape index (κ1) is 20.0. The molecule has 154 valence electrons. The van der Waals surface area contributed by atoms with Crippen LogP contribution in [0.3, 0.4) is 0 Å². The lowest BCUT2D eigenvalue weighted by Gasteiger charge is -2.18. The maximum Gasteiger partial charge on any atom is 0.242 e. The molecule has 2 amide bonds. The van der Waals surface area contributed by atoms with Gasteiger partial charge in [0.25, 0.3) is 0 Å². The second-order valence-corrected chi connectivity index (χ2v) is 10.3. The number of rotatable bonds is 5. The van der Waals surface area contributed by atoms with Crippen LogP contribution in [0.5, 0.6) is 0 Å². The summed E-state index contributed by atoms with van der Waals surface area (Å²) in [6.45, 7) is 1.19. The van der Waals surface area contributed by atoms with Crippen LogP contribution in [0.25, 0.3) is 0 Å². The summed E-state index contributed by atoms with van der Waals surface area (Å²) in [5, 5.41) is 2.47. The number of carbonyl (C=O) groups excluding carboxylic acids is 2. The maximum absolute atomic E-state index is 12.8. The summed E-state index contributed by atoms with van der Waals surface area (Å²) in [5.41, 5.74) is 2.25. The van der Waals surface area contributed by atoms with E-state index >= 15 is 0 Å². The van der Waals surface area contributed by atoms with E-state index < -0.39 is 10.0 Å². The van der Waals surface area contributed by atoms with E-state index in [9.17, 15) is 18.0 Å². The summed E-state index contributed by atoms with van der Waals surface area (Å²) < 4.78 is 25.8. The quantitative estimate of drug-likeness (QED) is 0.714. The summed E-state index contributed by atoms with van der Waals surface area (Å²) >= 11 is 1.38. The molecule has 2 aliphatic rings. The summed E-state index contributed by atoms with van der Waals surface area (Å²) in [6, 6.07) is 4.89. The zero-order chi connectivity index (χ0) is 20.8. The van der Waals surface area contributed by atoms with Crippen molar-refractivity contribution in [3.05, 3.63) is 34.8 Å². The fourth-order valence-corrected chi connectivity index (χ4v) is 5.43. The zero-order valence-electron chi connectivity index (χ0n) is 16.3. The summed E-state index contributed by atoms with van der Waals surface area (Å²) in [4.78, 5) is 32.8. The molecule has 0 saturated carbocycles. The normalized spacial score (nSPS) is 16.7. The van der Waals surface area contributed by atoms with Gasteiger partial charge in [-0.3, -0.25) is 14.5 Å². The average molecular weight is 435 g/mol. The van der Waals surface area contributed by atoms with Crippen molar-refractivity contribution >= 4 is 44.0 Å². The van der Waals surface area contributed by atoms with Crippen LogP contribution in [0.4, 0.5) is 10.8 Å². The lowest BCUT2D eigenvalue weighted by Crippen LogP contribution is -2.30. The van der Waals surface area contributed by atoms with Crippen molar-refractivity contribution in [2.75, 3.05) is 37.0 Å². The minimum Gasteiger partial charge on any atom is -0.311 e. The molecule has 0 atom stereocenters. The van der Waals surface area contributed by atoms with Crippen LogP contribution < -0.4 is 9.80 Å². The number of thiazole rings is 1. The topological polar surface area (TPSA) is 90.9 Å². The highest BCUT2D eigenvalue weighted by Gasteiger charge is 2.29. The van der Waals surface area contributed by atoms with Gasteiger partial charge in [0.05, 0.1) is 17.0 Å². The van der Waals surface area contributed by atoms with Crippen LogP contribution in [0, 0.1) is 0 Å². The molecule has 0 N–H and O–H groups in total. The first-order valence-corrected chi connectivity index (χ1v) is 11.7. The predicted molar refractivity (Wildman–Crippen MR) is 111 cm³/mol. The lowest BCUT2D eigenvalue weighted by atomic mass is 10.2. The third-order valence-electron chi connectivity index (χ3n) is 5.20. The van der Waals surface area contributed by atoms with Gasteiger partial charge in [0, 0.05) is 44.7 Å². The van der Waals surface area contributed by atoms with Crippen molar-refractivity contribution in [2.45, 2.75) is 30.6 Å². The molecule has 8 nitrogen and oxygen atoms in total. The number of aromatic nitrogens is 1. The summed E-state index contributed by atoms with van der Waals surface area (Å²) in [7, 11) is -0.513. The second-order valence-electron chi connectivity index (χ2n) is 7.32. The van der Waals surface area contributed by atoms with E-state index in [0.29, 0.717) is 36.8 Å². The number of hydrogen-bond acceptors (Lipinski definition) is 6. The average Bonchev–Trinajstić information content (AvgIpc) is 3.40. The lowest BCUT2D eigenvalue weighted by molar-refractivity contribution is -0.118. The molecule has 0 unspecified atom stereocenters. The van der Waals surface area contributed by atoms with Crippen LogP contribution in [-0.4, -0.2) is 56.7 Å². The molecule has 1 fully saturated rings. The third kappa shape index (κ3) is 3.67. The highest BCUT2D eigenvalue weighted by molar-refractivity contribution is 7.89. The van der Waals surface area contributed by atoms with Crippen LogP contribution in [0.1, 0.15) is 24.1 Å². The number of anilines is 2. The Labute approximate surface area is 173 Å². The Morgan fingerprint density at radius 3 is 2.72 bits per heavy atom. The number of amides is 2. The number of sulfonamides is 1. The molecule has 2 aromatic rings. The van der Waals surface area contributed by atoms with E-state index in [-0.39, 0.29) is 23.1 Å². The van der Waals surface area contributed by atoms with Gasteiger partial charge in [-0.2, -0.15) is 0 Å². The van der Waals surface area contributed by atoms with Gasteiger partial charge in [-0.1, -0.05) is 0 Å². The monoisotopic (exact) mass is 434 g/mol. The number of carbonyl (C=O) groups is 2. The van der Waals surface area contributed by atoms with Crippen molar-refractivity contribution < 1.29 is 18.0 Å². The molecular weight excluding hydrogens is 412 g/mol. The Kier molecular flexibility index (Phi) is 5.18. The molecule has 3 heterocycles. The van der Waals surface area contributed by atoms with Crippen molar-refractivity contribution in [2.24, 2.45) is 0 Å². The largest absolute Gasteiger partial charge is 0.311 e. The van der Waals surface area contributed by atoms with Gasteiger partial charge >= 0.3 is 0 Å². The standard InChI is InChI=1S/C19H22N4O4S2/c1-21(2)29(26,27)15-5-6-16-13(10-15)7-9-22(16)18(25)11-14-12-28-19(20-14)23-8-3-4-17(23)24/h5-6,10,12H,3-4,7-9,11H2,1-2H3. The Balaban J connectivity index is 1.49. The molecular formula is C19H22N4O4S2. The Hall–Kier alpha value is -2.30. The number of benzene rings is 1. The molecule has 2 aliphatic heterocycles. The van der Waals surface area contributed by atoms with Crippen LogP contribution >= 0.6 is 11.3 Å². The third-order valence-corrected chi connectivity index (χ3v) is 7.93. The Morgan fingerprint density at radius 2 is 2.03 bits per heavy atom. The minimum absolute atomic E-state index is 0.0779. The van der Waals surface area contributed by atoms with E-state index in [2.05, 4.69) is 4.98 Å². The molecule has 4 rings (SSSR count). The number of hydrogen-bond donors (Lipinski definition) is 0. The van der Waals surface area contributed by atoms with Gasteiger partial charge in [-0.05, 0) is 36.6 Å². The van der Waals surface area contributed by atoms with Gasteiger partial charge in [-0.15, -0.1) is 11.3 Å². The SMILES string of the molecule is CN(C)S(=O)(=O)c1ccc2c(c1)CCN2C(=O)Cc1csc(N2CCCC2=O)n1. The minimum atomic E-state index is -3.51. The van der Waals surface area contributed by atoms with Gasteiger partial charge in [0.15, 0.2) is 5.13 Å². The van der Waals surface area contributed by atoms with E-state index in [4.69, 9.17) is 0 Å². The first-order chi connectivity index (χ1) is 13.8.